The number of carbonyl (C=O) groups excluding carboxylic acids is 1. The number of carbonyl (C=O) groups is 1. The second kappa shape index (κ2) is 6.78. The van der Waals surface area contributed by atoms with E-state index in [1.165, 1.54) is 4.90 Å². The Hall–Kier alpha value is -1.26. The van der Waals surface area contributed by atoms with E-state index in [-0.39, 0.29) is 12.6 Å². The van der Waals surface area contributed by atoms with E-state index in [1.807, 2.05) is 24.3 Å². The van der Waals surface area contributed by atoms with Crippen LogP contribution in [0.2, 0.25) is 5.02 Å². The van der Waals surface area contributed by atoms with Crippen molar-refractivity contribution in [3.8, 4) is 0 Å². The Morgan fingerprint density at radius 1 is 1.42 bits per heavy atom. The number of benzene rings is 1. The summed E-state index contributed by atoms with van der Waals surface area (Å²) in [6.45, 7) is 4.13. The van der Waals surface area contributed by atoms with E-state index in [9.17, 15) is 9.90 Å². The Morgan fingerprint density at radius 2 is 2.05 bits per heavy atom. The molecule has 0 radical (unpaired) electrons. The molecule has 4 nitrogen and oxygen atoms in total. The van der Waals surface area contributed by atoms with E-state index in [4.69, 9.17) is 11.6 Å². The molecule has 106 valence electrons. The number of nitrogens with one attached hydrogen (secondary N) is 1. The maximum atomic E-state index is 11.8. The molecule has 0 aromatic heterocycles. The van der Waals surface area contributed by atoms with Crippen molar-refractivity contribution in [1.82, 2.24) is 10.2 Å². The number of amides is 2. The molecular formula is C14H21ClN2O2. The van der Waals surface area contributed by atoms with Crippen molar-refractivity contribution in [2.24, 2.45) is 0 Å². The fourth-order valence-electron chi connectivity index (χ4n) is 1.79. The molecule has 0 bridgehead atoms. The zero-order chi connectivity index (χ0) is 14.5. The van der Waals surface area contributed by atoms with Crippen molar-refractivity contribution in [2.45, 2.75) is 25.9 Å². The summed E-state index contributed by atoms with van der Waals surface area (Å²) < 4.78 is 0. The lowest BCUT2D eigenvalue weighted by Crippen LogP contribution is -2.45. The molecule has 0 heterocycles. The summed E-state index contributed by atoms with van der Waals surface area (Å²) >= 11 is 6.03. The molecule has 0 spiro atoms. The first-order valence-electron chi connectivity index (χ1n) is 6.24. The second-order valence-corrected chi connectivity index (χ2v) is 5.65. The van der Waals surface area contributed by atoms with Gasteiger partial charge in [0.25, 0.3) is 0 Å². The van der Waals surface area contributed by atoms with Crippen LogP contribution in [0.4, 0.5) is 4.79 Å². The van der Waals surface area contributed by atoms with Gasteiger partial charge in [0.05, 0.1) is 12.1 Å². The quantitative estimate of drug-likeness (QED) is 0.872. The molecule has 1 aromatic carbocycles. The molecule has 5 heteroatoms. The average Bonchev–Trinajstić information content (AvgIpc) is 2.29. The summed E-state index contributed by atoms with van der Waals surface area (Å²) in [5.41, 5.74) is 0.115. The molecule has 19 heavy (non-hydrogen) atoms. The van der Waals surface area contributed by atoms with Crippen LogP contribution in [-0.4, -0.2) is 41.8 Å². The topological polar surface area (TPSA) is 52.6 Å². The van der Waals surface area contributed by atoms with Crippen LogP contribution in [0.5, 0.6) is 0 Å². The number of aliphatic hydroxyl groups is 1. The molecule has 0 fully saturated rings. The predicted molar refractivity (Wildman–Crippen MR) is 77.5 cm³/mol. The van der Waals surface area contributed by atoms with Crippen molar-refractivity contribution in [3.63, 3.8) is 0 Å². The van der Waals surface area contributed by atoms with Crippen LogP contribution in [0, 0.1) is 0 Å². The third-order valence-electron chi connectivity index (χ3n) is 2.60. The van der Waals surface area contributed by atoms with Gasteiger partial charge >= 0.3 is 6.03 Å². The van der Waals surface area contributed by atoms with E-state index in [0.717, 1.165) is 5.56 Å². The highest BCUT2D eigenvalue weighted by Gasteiger charge is 2.18. The smallest absolute Gasteiger partial charge is 0.317 e. The van der Waals surface area contributed by atoms with Crippen LogP contribution in [0.3, 0.4) is 0 Å². The Bertz CT molecular complexity index is 430. The fraction of sp³-hybridized carbons (Fsp3) is 0.500. The molecule has 0 aliphatic rings. The number of likely N-dealkylation sites (N-methyl/N-ethyl adjacent to an activating group) is 1. The highest BCUT2D eigenvalue weighted by atomic mass is 35.5. The highest BCUT2D eigenvalue weighted by Crippen LogP contribution is 2.14. The van der Waals surface area contributed by atoms with Gasteiger partial charge in [-0.3, -0.25) is 0 Å². The molecule has 0 saturated carbocycles. The van der Waals surface area contributed by atoms with Crippen LogP contribution < -0.4 is 5.32 Å². The Kier molecular flexibility index (Phi) is 5.63. The van der Waals surface area contributed by atoms with E-state index in [1.54, 1.807) is 20.9 Å². The van der Waals surface area contributed by atoms with Crippen LogP contribution in [-0.2, 0) is 6.42 Å². The first-order valence-corrected chi connectivity index (χ1v) is 6.62. The third kappa shape index (κ3) is 5.94. The minimum Gasteiger partial charge on any atom is -0.389 e. The molecule has 0 unspecified atom stereocenters. The number of hydrogen-bond acceptors (Lipinski definition) is 2. The van der Waals surface area contributed by atoms with Crippen molar-refractivity contribution < 1.29 is 9.90 Å². The Morgan fingerprint density at radius 3 is 2.63 bits per heavy atom. The molecule has 0 saturated heterocycles. The van der Waals surface area contributed by atoms with E-state index in [0.29, 0.717) is 18.0 Å². The van der Waals surface area contributed by atoms with E-state index in [2.05, 4.69) is 5.32 Å². The number of hydrogen-bond donors (Lipinski definition) is 2. The predicted octanol–water partition coefficient (Wildman–Crippen LogP) is 2.29. The van der Waals surface area contributed by atoms with Gasteiger partial charge in [0.15, 0.2) is 0 Å². The highest BCUT2D eigenvalue weighted by molar-refractivity contribution is 6.31. The lowest BCUT2D eigenvalue weighted by molar-refractivity contribution is 0.0532. The summed E-state index contributed by atoms with van der Waals surface area (Å²) in [6, 6.07) is 7.37. The minimum absolute atomic E-state index is 0.200. The van der Waals surface area contributed by atoms with Gasteiger partial charge in [0.1, 0.15) is 0 Å². The lowest BCUT2D eigenvalue weighted by atomic mass is 10.1. The van der Waals surface area contributed by atoms with Gasteiger partial charge in [-0.1, -0.05) is 29.8 Å². The zero-order valence-electron chi connectivity index (χ0n) is 11.6. The van der Waals surface area contributed by atoms with Crippen molar-refractivity contribution in [1.29, 1.82) is 0 Å². The SMILES string of the molecule is CN(CC(C)(C)O)C(=O)NCCc1ccccc1Cl. The Balaban J connectivity index is 2.37. The number of urea groups is 1. The standard InChI is InChI=1S/C14H21ClN2O2/c1-14(2,19)10-17(3)13(18)16-9-8-11-6-4-5-7-12(11)15/h4-7,19H,8-10H2,1-3H3,(H,16,18). The monoisotopic (exact) mass is 284 g/mol. The van der Waals surface area contributed by atoms with Gasteiger partial charge in [0, 0.05) is 18.6 Å². The molecule has 2 amide bonds. The molecular weight excluding hydrogens is 264 g/mol. The van der Waals surface area contributed by atoms with Gasteiger partial charge in [-0.05, 0) is 31.9 Å². The van der Waals surface area contributed by atoms with Crippen LogP contribution in [0.25, 0.3) is 0 Å². The number of rotatable bonds is 5. The van der Waals surface area contributed by atoms with Crippen LogP contribution in [0.15, 0.2) is 24.3 Å². The van der Waals surface area contributed by atoms with E-state index >= 15 is 0 Å². The van der Waals surface area contributed by atoms with Crippen LogP contribution >= 0.6 is 11.6 Å². The first kappa shape index (κ1) is 15.8. The lowest BCUT2D eigenvalue weighted by Gasteiger charge is -2.25. The van der Waals surface area contributed by atoms with Crippen molar-refractivity contribution >= 4 is 17.6 Å². The first-order chi connectivity index (χ1) is 8.79. The van der Waals surface area contributed by atoms with E-state index < -0.39 is 5.60 Å². The van der Waals surface area contributed by atoms with Gasteiger partial charge in [-0.2, -0.15) is 0 Å². The molecule has 0 aliphatic carbocycles. The Labute approximate surface area is 119 Å². The summed E-state index contributed by atoms with van der Waals surface area (Å²) in [4.78, 5) is 13.2. The minimum atomic E-state index is -0.894. The zero-order valence-corrected chi connectivity index (χ0v) is 12.4. The van der Waals surface area contributed by atoms with Crippen LogP contribution in [0.1, 0.15) is 19.4 Å². The summed E-state index contributed by atoms with van der Waals surface area (Å²) in [6.07, 6.45) is 0.682. The van der Waals surface area contributed by atoms with Gasteiger partial charge in [0.2, 0.25) is 0 Å². The number of halogens is 1. The maximum absolute atomic E-state index is 11.8. The maximum Gasteiger partial charge on any atom is 0.317 e. The number of nitrogens with zero attached hydrogens (tertiary/aromatic N) is 1. The third-order valence-corrected chi connectivity index (χ3v) is 2.97. The summed E-state index contributed by atoms with van der Waals surface area (Å²) in [7, 11) is 1.66. The second-order valence-electron chi connectivity index (χ2n) is 5.24. The molecule has 0 aliphatic heterocycles. The molecule has 1 aromatic rings. The summed E-state index contributed by atoms with van der Waals surface area (Å²) in [5, 5.41) is 13.1. The van der Waals surface area contributed by atoms with Crippen molar-refractivity contribution in [3.05, 3.63) is 34.9 Å². The van der Waals surface area contributed by atoms with Crippen molar-refractivity contribution in [2.75, 3.05) is 20.1 Å². The largest absolute Gasteiger partial charge is 0.389 e. The summed E-state index contributed by atoms with van der Waals surface area (Å²) in [5.74, 6) is 0. The molecule has 1 rings (SSSR count). The molecule has 0 atom stereocenters. The van der Waals surface area contributed by atoms with Gasteiger partial charge in [-0.25, -0.2) is 4.79 Å². The van der Waals surface area contributed by atoms with Gasteiger partial charge in [-0.15, -0.1) is 0 Å². The average molecular weight is 285 g/mol. The van der Waals surface area contributed by atoms with Gasteiger partial charge < -0.3 is 15.3 Å². The fourth-order valence-corrected chi connectivity index (χ4v) is 2.02. The molecule has 2 N–H and O–H groups in total. The normalized spacial score (nSPS) is 11.2.